The van der Waals surface area contributed by atoms with Crippen LogP contribution in [0.1, 0.15) is 11.8 Å². The highest BCUT2D eigenvalue weighted by molar-refractivity contribution is 9.10. The van der Waals surface area contributed by atoms with Gasteiger partial charge in [-0.25, -0.2) is 0 Å². The molecule has 0 aromatic carbocycles. The molecule has 1 atom stereocenters. The average Bonchev–Trinajstić information content (AvgIpc) is 2.28. The second-order valence-electron chi connectivity index (χ2n) is 2.49. The van der Waals surface area contributed by atoms with E-state index < -0.39 is 0 Å². The van der Waals surface area contributed by atoms with E-state index in [2.05, 4.69) is 15.9 Å². The lowest BCUT2D eigenvalue weighted by atomic mass is 10.3. The monoisotopic (exact) mass is 265 g/mol. The van der Waals surface area contributed by atoms with Crippen molar-refractivity contribution in [3.63, 3.8) is 0 Å². The van der Waals surface area contributed by atoms with Crippen molar-refractivity contribution in [3.05, 3.63) is 25.8 Å². The third kappa shape index (κ3) is 2.90. The number of thiophene rings is 1. The fourth-order valence-electron chi connectivity index (χ4n) is 0.692. The van der Waals surface area contributed by atoms with E-state index in [1.165, 1.54) is 11.3 Å². The standard InChI is InChI=1S/C8H9BrClNS/c1-5(11)2-3-6-4-7(9)8(10)12-6/h2-5H,11H2,1H3/b3-2+. The van der Waals surface area contributed by atoms with Crippen molar-refractivity contribution >= 4 is 44.9 Å². The highest BCUT2D eigenvalue weighted by Gasteiger charge is 2.00. The molecule has 0 aliphatic heterocycles. The van der Waals surface area contributed by atoms with Crippen molar-refractivity contribution < 1.29 is 0 Å². The first kappa shape index (κ1) is 10.3. The Morgan fingerprint density at radius 2 is 2.42 bits per heavy atom. The summed E-state index contributed by atoms with van der Waals surface area (Å²) in [6.45, 7) is 1.93. The molecule has 0 radical (unpaired) electrons. The summed E-state index contributed by atoms with van der Waals surface area (Å²) in [5.74, 6) is 0. The lowest BCUT2D eigenvalue weighted by Gasteiger charge is -1.91. The Kier molecular flexibility index (Phi) is 3.77. The largest absolute Gasteiger partial charge is 0.325 e. The van der Waals surface area contributed by atoms with Gasteiger partial charge in [0, 0.05) is 15.4 Å². The maximum Gasteiger partial charge on any atom is 0.108 e. The summed E-state index contributed by atoms with van der Waals surface area (Å²) < 4.78 is 1.72. The molecule has 12 heavy (non-hydrogen) atoms. The molecule has 0 aliphatic rings. The van der Waals surface area contributed by atoms with E-state index in [0.717, 1.165) is 13.7 Å². The van der Waals surface area contributed by atoms with Crippen LogP contribution in [0.3, 0.4) is 0 Å². The van der Waals surface area contributed by atoms with E-state index in [1.54, 1.807) is 0 Å². The molecule has 66 valence electrons. The van der Waals surface area contributed by atoms with Crippen LogP contribution >= 0.6 is 38.9 Å². The van der Waals surface area contributed by atoms with Gasteiger partial charge >= 0.3 is 0 Å². The van der Waals surface area contributed by atoms with E-state index in [0.29, 0.717) is 0 Å². The Hall–Kier alpha value is 0.170. The molecule has 0 aliphatic carbocycles. The summed E-state index contributed by atoms with van der Waals surface area (Å²) in [7, 11) is 0. The zero-order valence-corrected chi connectivity index (χ0v) is 9.71. The lowest BCUT2D eigenvalue weighted by molar-refractivity contribution is 0.931. The minimum absolute atomic E-state index is 0.0876. The molecule has 2 N–H and O–H groups in total. The second kappa shape index (κ2) is 4.42. The molecule has 0 bridgehead atoms. The van der Waals surface area contributed by atoms with E-state index in [-0.39, 0.29) is 6.04 Å². The Labute approximate surface area is 89.4 Å². The van der Waals surface area contributed by atoms with Gasteiger partial charge in [0.15, 0.2) is 0 Å². The molecule has 0 saturated heterocycles. The number of hydrogen-bond donors (Lipinski definition) is 1. The number of hydrogen-bond acceptors (Lipinski definition) is 2. The Morgan fingerprint density at radius 3 is 2.83 bits per heavy atom. The van der Waals surface area contributed by atoms with Crippen molar-refractivity contribution in [2.75, 3.05) is 0 Å². The molecule has 1 heterocycles. The minimum atomic E-state index is 0.0876. The average molecular weight is 267 g/mol. The van der Waals surface area contributed by atoms with Gasteiger partial charge in [0.1, 0.15) is 4.34 Å². The summed E-state index contributed by atoms with van der Waals surface area (Å²) in [6.07, 6.45) is 3.92. The normalized spacial score (nSPS) is 14.0. The molecule has 1 rings (SSSR count). The van der Waals surface area contributed by atoms with Crippen LogP contribution in [0.25, 0.3) is 6.08 Å². The number of halogens is 2. The van der Waals surface area contributed by atoms with Gasteiger partial charge in [0.05, 0.1) is 0 Å². The van der Waals surface area contributed by atoms with Crippen LogP contribution in [-0.4, -0.2) is 6.04 Å². The molecular formula is C8H9BrClNS. The van der Waals surface area contributed by atoms with Crippen molar-refractivity contribution in [2.24, 2.45) is 5.73 Å². The predicted molar refractivity (Wildman–Crippen MR) is 59.7 cm³/mol. The van der Waals surface area contributed by atoms with Crippen molar-refractivity contribution in [3.8, 4) is 0 Å². The fraction of sp³-hybridized carbons (Fsp3) is 0.250. The van der Waals surface area contributed by atoms with Gasteiger partial charge in [-0.05, 0) is 35.0 Å². The molecule has 1 aromatic heterocycles. The van der Waals surface area contributed by atoms with E-state index in [9.17, 15) is 0 Å². The fourth-order valence-corrected chi connectivity index (χ4v) is 2.34. The molecule has 1 aromatic rings. The molecule has 0 fully saturated rings. The van der Waals surface area contributed by atoms with Gasteiger partial charge in [-0.15, -0.1) is 11.3 Å². The first-order chi connectivity index (χ1) is 5.59. The van der Waals surface area contributed by atoms with Gasteiger partial charge in [-0.3, -0.25) is 0 Å². The van der Waals surface area contributed by atoms with Crippen molar-refractivity contribution in [1.29, 1.82) is 0 Å². The number of rotatable bonds is 2. The Balaban J connectivity index is 2.77. The zero-order valence-electron chi connectivity index (χ0n) is 6.55. The quantitative estimate of drug-likeness (QED) is 0.871. The summed E-state index contributed by atoms with van der Waals surface area (Å²) in [6, 6.07) is 2.07. The molecular weight excluding hydrogens is 258 g/mol. The molecule has 0 spiro atoms. The van der Waals surface area contributed by atoms with E-state index in [4.69, 9.17) is 17.3 Å². The maximum absolute atomic E-state index is 5.85. The van der Waals surface area contributed by atoms with Crippen LogP contribution in [-0.2, 0) is 0 Å². The molecule has 0 amide bonds. The van der Waals surface area contributed by atoms with Crippen LogP contribution in [0.2, 0.25) is 4.34 Å². The predicted octanol–water partition coefficient (Wildman–Crippen LogP) is 3.52. The zero-order chi connectivity index (χ0) is 9.14. The van der Waals surface area contributed by atoms with Crippen LogP contribution < -0.4 is 5.73 Å². The van der Waals surface area contributed by atoms with Crippen molar-refractivity contribution in [2.45, 2.75) is 13.0 Å². The van der Waals surface area contributed by atoms with Crippen molar-refractivity contribution in [1.82, 2.24) is 0 Å². The summed E-state index contributed by atoms with van der Waals surface area (Å²) in [5.41, 5.74) is 5.56. The molecule has 0 saturated carbocycles. The molecule has 4 heteroatoms. The number of nitrogens with two attached hydrogens (primary N) is 1. The third-order valence-corrected chi connectivity index (χ3v) is 3.67. The lowest BCUT2D eigenvalue weighted by Crippen LogP contribution is -2.09. The van der Waals surface area contributed by atoms with E-state index >= 15 is 0 Å². The SMILES string of the molecule is CC(N)/C=C/c1cc(Br)c(Cl)s1. The van der Waals surface area contributed by atoms with Crippen LogP contribution in [0, 0.1) is 0 Å². The molecule has 1 nitrogen and oxygen atoms in total. The van der Waals surface area contributed by atoms with Gasteiger partial charge in [0.2, 0.25) is 0 Å². The second-order valence-corrected chi connectivity index (χ2v) is 5.03. The smallest absolute Gasteiger partial charge is 0.108 e. The van der Waals surface area contributed by atoms with Gasteiger partial charge in [0.25, 0.3) is 0 Å². The first-order valence-electron chi connectivity index (χ1n) is 3.48. The van der Waals surface area contributed by atoms with Gasteiger partial charge in [-0.1, -0.05) is 17.7 Å². The maximum atomic E-state index is 5.85. The van der Waals surface area contributed by atoms with Gasteiger partial charge < -0.3 is 5.73 Å². The first-order valence-corrected chi connectivity index (χ1v) is 5.47. The Bertz CT molecular complexity index is 274. The summed E-state index contributed by atoms with van der Waals surface area (Å²) in [4.78, 5) is 1.11. The van der Waals surface area contributed by atoms with Crippen LogP contribution in [0.4, 0.5) is 0 Å². The van der Waals surface area contributed by atoms with Crippen LogP contribution in [0.5, 0.6) is 0 Å². The highest BCUT2D eigenvalue weighted by Crippen LogP contribution is 2.32. The highest BCUT2D eigenvalue weighted by atomic mass is 79.9. The van der Waals surface area contributed by atoms with E-state index in [1.807, 2.05) is 25.1 Å². The third-order valence-electron chi connectivity index (χ3n) is 1.23. The topological polar surface area (TPSA) is 26.0 Å². The summed E-state index contributed by atoms with van der Waals surface area (Å²) >= 11 is 10.7. The Morgan fingerprint density at radius 1 is 1.75 bits per heavy atom. The molecule has 1 unspecified atom stereocenters. The van der Waals surface area contributed by atoms with Crippen LogP contribution in [0.15, 0.2) is 16.6 Å². The minimum Gasteiger partial charge on any atom is -0.325 e. The summed E-state index contributed by atoms with van der Waals surface area (Å²) in [5, 5.41) is 0. The van der Waals surface area contributed by atoms with Gasteiger partial charge in [-0.2, -0.15) is 0 Å².